The summed E-state index contributed by atoms with van der Waals surface area (Å²) in [6, 6.07) is 11.4. The van der Waals surface area contributed by atoms with Gasteiger partial charge >= 0.3 is 5.97 Å². The van der Waals surface area contributed by atoms with Crippen LogP contribution in [0.5, 0.6) is 17.2 Å². The lowest BCUT2D eigenvalue weighted by atomic mass is 10.1. The number of ether oxygens (including phenoxy) is 3. The molecular weight excluding hydrogens is 522 g/mol. The predicted octanol–water partition coefficient (Wildman–Crippen LogP) is 6.19. The van der Waals surface area contributed by atoms with Gasteiger partial charge in [-0.2, -0.15) is 5.10 Å². The molecule has 0 spiro atoms. The molecule has 9 nitrogen and oxygen atoms in total. The highest BCUT2D eigenvalue weighted by Gasteiger charge is 2.13. The van der Waals surface area contributed by atoms with Gasteiger partial charge in [-0.25, -0.2) is 10.2 Å². The van der Waals surface area contributed by atoms with Gasteiger partial charge in [-0.1, -0.05) is 71.1 Å². The molecule has 0 aliphatic carbocycles. The monoisotopic (exact) mass is 567 g/mol. The zero-order valence-corrected chi connectivity index (χ0v) is 24.7. The highest BCUT2D eigenvalue weighted by Crippen LogP contribution is 2.28. The minimum Gasteiger partial charge on any atom is -0.493 e. The van der Waals surface area contributed by atoms with Crippen LogP contribution in [0.4, 0.5) is 0 Å². The van der Waals surface area contributed by atoms with E-state index in [1.165, 1.54) is 71.8 Å². The Kier molecular flexibility index (Phi) is 16.3. The van der Waals surface area contributed by atoms with Gasteiger partial charge in [-0.15, -0.1) is 0 Å². The van der Waals surface area contributed by atoms with Gasteiger partial charge in [-0.05, 0) is 54.4 Å². The first-order chi connectivity index (χ1) is 20.0. The fraction of sp³-hybridized carbons (Fsp3) is 0.500. The van der Waals surface area contributed by atoms with Crippen LogP contribution in [0.25, 0.3) is 0 Å². The summed E-state index contributed by atoms with van der Waals surface area (Å²) in [6.45, 7) is 2.11. The maximum Gasteiger partial charge on any atom is 0.343 e. The Morgan fingerprint density at radius 3 is 1.98 bits per heavy atom. The predicted molar refractivity (Wildman–Crippen MR) is 161 cm³/mol. The van der Waals surface area contributed by atoms with Gasteiger partial charge < -0.3 is 19.5 Å². The number of hydrazone groups is 1. The molecule has 2 N–H and O–H groups in total. The average molecular weight is 568 g/mol. The van der Waals surface area contributed by atoms with E-state index in [0.29, 0.717) is 34.8 Å². The first kappa shape index (κ1) is 33.3. The molecule has 0 saturated heterocycles. The lowest BCUT2D eigenvalue weighted by molar-refractivity contribution is -0.126. The molecule has 0 radical (unpaired) electrons. The zero-order chi connectivity index (χ0) is 29.7. The number of hydrogen-bond donors (Lipinski definition) is 2. The van der Waals surface area contributed by atoms with Crippen LogP contribution in [0.3, 0.4) is 0 Å². The number of carbonyl (C=O) groups is 3. The second kappa shape index (κ2) is 20.1. The molecule has 0 saturated carbocycles. The summed E-state index contributed by atoms with van der Waals surface area (Å²) in [5, 5.41) is 6.55. The molecule has 0 aromatic heterocycles. The van der Waals surface area contributed by atoms with Crippen molar-refractivity contribution in [3.05, 3.63) is 53.6 Å². The Labute approximate surface area is 244 Å². The molecule has 0 aliphatic heterocycles. The third-order valence-corrected chi connectivity index (χ3v) is 6.57. The second-order valence-corrected chi connectivity index (χ2v) is 9.88. The van der Waals surface area contributed by atoms with Crippen molar-refractivity contribution in [3.63, 3.8) is 0 Å². The topological polar surface area (TPSA) is 115 Å². The molecule has 41 heavy (non-hydrogen) atoms. The number of unbranched alkanes of at least 4 members (excludes halogenated alkanes) is 10. The maximum absolute atomic E-state index is 12.5. The minimum absolute atomic E-state index is 0.126. The molecular formula is C32H45N3O6. The van der Waals surface area contributed by atoms with E-state index in [1.54, 1.807) is 42.5 Å². The van der Waals surface area contributed by atoms with Crippen molar-refractivity contribution in [2.75, 3.05) is 20.8 Å². The first-order valence-electron chi connectivity index (χ1n) is 14.6. The lowest BCUT2D eigenvalue weighted by Crippen LogP contribution is -2.34. The maximum atomic E-state index is 12.5. The van der Waals surface area contributed by atoms with Crippen molar-refractivity contribution in [2.24, 2.45) is 5.10 Å². The van der Waals surface area contributed by atoms with Crippen LogP contribution in [0.1, 0.15) is 99.9 Å². The molecule has 0 unspecified atom stereocenters. The Morgan fingerprint density at radius 2 is 1.37 bits per heavy atom. The number of methoxy groups -OCH3 is 2. The smallest absolute Gasteiger partial charge is 0.343 e. The van der Waals surface area contributed by atoms with E-state index in [1.807, 2.05) is 0 Å². The van der Waals surface area contributed by atoms with Crippen LogP contribution in [-0.2, 0) is 9.59 Å². The van der Waals surface area contributed by atoms with Crippen molar-refractivity contribution >= 4 is 24.0 Å². The van der Waals surface area contributed by atoms with Gasteiger partial charge in [0.1, 0.15) is 5.75 Å². The number of nitrogens with zero attached hydrogens (tertiary/aromatic N) is 1. The van der Waals surface area contributed by atoms with E-state index in [2.05, 4.69) is 22.8 Å². The molecule has 0 fully saturated rings. The van der Waals surface area contributed by atoms with Gasteiger partial charge in [0.2, 0.25) is 5.91 Å². The van der Waals surface area contributed by atoms with Crippen LogP contribution in [0.2, 0.25) is 0 Å². The molecule has 2 amide bonds. The Hall–Kier alpha value is -3.88. The van der Waals surface area contributed by atoms with Crippen LogP contribution < -0.4 is 25.0 Å². The summed E-state index contributed by atoms with van der Waals surface area (Å²) in [6.07, 6.45) is 15.4. The van der Waals surface area contributed by atoms with E-state index in [-0.39, 0.29) is 12.5 Å². The minimum atomic E-state index is -0.537. The zero-order valence-electron chi connectivity index (χ0n) is 24.7. The SMILES string of the molecule is CCCCCCCCCCCCCC(=O)NCC(=O)N/N=C\c1ccc(OC(=O)c2ccc(OC)c(OC)c2)cc1. The fourth-order valence-corrected chi connectivity index (χ4v) is 4.19. The van der Waals surface area contributed by atoms with Crippen LogP contribution in [0.15, 0.2) is 47.6 Å². The molecule has 2 rings (SSSR count). The Morgan fingerprint density at radius 1 is 0.756 bits per heavy atom. The summed E-state index contributed by atoms with van der Waals surface area (Å²) in [5.74, 6) is 0.227. The lowest BCUT2D eigenvalue weighted by Gasteiger charge is -2.09. The standard InChI is InChI=1S/C32H45N3O6/c1-4-5-6-7-8-9-10-11-12-13-14-15-30(36)33-24-31(37)35-34-23-25-16-19-27(20-17-25)41-32(38)26-18-21-28(39-2)29(22-26)40-3/h16-23H,4-15,24H2,1-3H3,(H,33,36)(H,35,37)/b34-23-. The van der Waals surface area contributed by atoms with E-state index in [4.69, 9.17) is 14.2 Å². The first-order valence-corrected chi connectivity index (χ1v) is 14.6. The highest BCUT2D eigenvalue weighted by molar-refractivity contribution is 5.92. The quantitative estimate of drug-likeness (QED) is 0.0648. The summed E-state index contributed by atoms with van der Waals surface area (Å²) >= 11 is 0. The van der Waals surface area contributed by atoms with Gasteiger partial charge in [0.15, 0.2) is 11.5 Å². The molecule has 0 atom stereocenters. The number of esters is 1. The molecule has 2 aromatic rings. The Bertz CT molecular complexity index is 1100. The van der Waals surface area contributed by atoms with E-state index >= 15 is 0 Å². The molecule has 0 heterocycles. The Balaban J connectivity index is 1.59. The molecule has 0 bridgehead atoms. The number of hydrogen-bond acceptors (Lipinski definition) is 7. The summed E-state index contributed by atoms with van der Waals surface area (Å²) in [7, 11) is 3.01. The van der Waals surface area contributed by atoms with Crippen molar-refractivity contribution in [3.8, 4) is 17.2 Å². The number of amides is 2. The molecule has 0 aliphatic rings. The van der Waals surface area contributed by atoms with Crippen molar-refractivity contribution < 1.29 is 28.6 Å². The van der Waals surface area contributed by atoms with Gasteiger partial charge in [0, 0.05) is 6.42 Å². The van der Waals surface area contributed by atoms with Crippen molar-refractivity contribution in [1.29, 1.82) is 0 Å². The summed E-state index contributed by atoms with van der Waals surface area (Å²) < 4.78 is 15.8. The van der Waals surface area contributed by atoms with Gasteiger partial charge in [-0.3, -0.25) is 9.59 Å². The van der Waals surface area contributed by atoms with Gasteiger partial charge in [0.05, 0.1) is 32.5 Å². The summed E-state index contributed by atoms with van der Waals surface area (Å²) in [5.41, 5.74) is 3.41. The van der Waals surface area contributed by atoms with Gasteiger partial charge in [0.25, 0.3) is 5.91 Å². The fourth-order valence-electron chi connectivity index (χ4n) is 4.19. The number of rotatable bonds is 20. The van der Waals surface area contributed by atoms with Crippen LogP contribution in [0, 0.1) is 0 Å². The summed E-state index contributed by atoms with van der Waals surface area (Å²) in [4.78, 5) is 36.4. The number of nitrogens with one attached hydrogen (secondary N) is 2. The third kappa shape index (κ3) is 13.8. The molecule has 2 aromatic carbocycles. The van der Waals surface area contributed by atoms with E-state index in [9.17, 15) is 14.4 Å². The second-order valence-electron chi connectivity index (χ2n) is 9.88. The highest BCUT2D eigenvalue weighted by atomic mass is 16.5. The van der Waals surface area contributed by atoms with Crippen LogP contribution in [-0.4, -0.2) is 44.8 Å². The molecule has 9 heteroatoms. The van der Waals surface area contributed by atoms with Crippen molar-refractivity contribution in [2.45, 2.75) is 84.0 Å². The van der Waals surface area contributed by atoms with Crippen molar-refractivity contribution in [1.82, 2.24) is 10.7 Å². The number of carbonyl (C=O) groups excluding carboxylic acids is 3. The third-order valence-electron chi connectivity index (χ3n) is 6.57. The molecule has 224 valence electrons. The average Bonchev–Trinajstić information content (AvgIpc) is 2.99. The van der Waals surface area contributed by atoms with E-state index in [0.717, 1.165) is 19.3 Å². The van der Waals surface area contributed by atoms with Crippen LogP contribution >= 0.6 is 0 Å². The van der Waals surface area contributed by atoms with E-state index < -0.39 is 11.9 Å². The normalized spacial score (nSPS) is 10.8. The number of benzene rings is 2. The largest absolute Gasteiger partial charge is 0.493 e.